The number of carbonyl (C=O) groups excluding carboxylic acids is 1. The van der Waals surface area contributed by atoms with Gasteiger partial charge in [0.15, 0.2) is 0 Å². The second-order valence-electron chi connectivity index (χ2n) is 6.33. The smallest absolute Gasteiger partial charge is 0.200 e. The average Bonchev–Trinajstić information content (AvgIpc) is 2.80. The molecule has 0 heterocycles. The van der Waals surface area contributed by atoms with E-state index in [2.05, 4.69) is 13.8 Å². The molecule has 2 nitrogen and oxygen atoms in total. The van der Waals surface area contributed by atoms with E-state index in [1.54, 1.807) is 6.08 Å². The van der Waals surface area contributed by atoms with Gasteiger partial charge in [-0.3, -0.25) is 4.79 Å². The van der Waals surface area contributed by atoms with Gasteiger partial charge >= 0.3 is 0 Å². The van der Waals surface area contributed by atoms with Gasteiger partial charge in [-0.15, -0.1) is 0 Å². The Morgan fingerprint density at radius 1 is 1.17 bits per heavy atom. The van der Waals surface area contributed by atoms with Crippen molar-refractivity contribution in [1.29, 1.82) is 0 Å². The summed E-state index contributed by atoms with van der Waals surface area (Å²) in [5, 5.41) is 10.3. The van der Waals surface area contributed by atoms with Gasteiger partial charge in [0, 0.05) is 11.5 Å². The van der Waals surface area contributed by atoms with Gasteiger partial charge in [0.05, 0.1) is 11.1 Å². The highest BCUT2D eigenvalue weighted by molar-refractivity contribution is 6.46. The van der Waals surface area contributed by atoms with E-state index in [9.17, 15) is 9.90 Å². The van der Waals surface area contributed by atoms with Gasteiger partial charge in [0.2, 0.25) is 5.78 Å². The normalized spacial score (nSPS) is 21.4. The lowest BCUT2D eigenvalue weighted by Crippen LogP contribution is -2.05. The molecule has 0 aromatic heterocycles. The van der Waals surface area contributed by atoms with Crippen molar-refractivity contribution in [1.82, 2.24) is 0 Å². The van der Waals surface area contributed by atoms with Crippen LogP contribution in [0, 0.1) is 5.92 Å². The van der Waals surface area contributed by atoms with Gasteiger partial charge in [-0.1, -0.05) is 88.3 Å². The molecule has 0 bridgehead atoms. The fourth-order valence-corrected chi connectivity index (χ4v) is 3.02. The summed E-state index contributed by atoms with van der Waals surface area (Å²) in [7, 11) is 0. The van der Waals surface area contributed by atoms with E-state index < -0.39 is 6.10 Å². The van der Waals surface area contributed by atoms with E-state index in [0.29, 0.717) is 5.03 Å². The third-order valence-corrected chi connectivity index (χ3v) is 4.53. The molecule has 1 aliphatic rings. The quantitative estimate of drug-likeness (QED) is 0.298. The zero-order valence-electron chi connectivity index (χ0n) is 14.6. The van der Waals surface area contributed by atoms with Crippen LogP contribution in [0.4, 0.5) is 0 Å². The first kappa shape index (κ1) is 20.2. The van der Waals surface area contributed by atoms with Crippen LogP contribution in [0.25, 0.3) is 0 Å². The maximum absolute atomic E-state index is 12.1. The van der Waals surface area contributed by atoms with Crippen molar-refractivity contribution >= 4 is 17.4 Å². The molecule has 0 saturated carbocycles. The third kappa shape index (κ3) is 7.50. The summed E-state index contributed by atoms with van der Waals surface area (Å²) < 4.78 is 0. The van der Waals surface area contributed by atoms with Crippen LogP contribution < -0.4 is 0 Å². The predicted molar refractivity (Wildman–Crippen MR) is 98.6 cm³/mol. The summed E-state index contributed by atoms with van der Waals surface area (Å²) in [5.41, 5.74) is 0.767. The van der Waals surface area contributed by atoms with Crippen molar-refractivity contribution in [3.8, 4) is 0 Å². The largest absolute Gasteiger partial charge is 0.389 e. The molecule has 130 valence electrons. The zero-order valence-corrected chi connectivity index (χ0v) is 15.3. The van der Waals surface area contributed by atoms with Crippen molar-refractivity contribution in [2.75, 3.05) is 0 Å². The number of aliphatic hydroxyl groups excluding tert-OH is 1. The van der Waals surface area contributed by atoms with Crippen molar-refractivity contribution in [3.63, 3.8) is 0 Å². The molecule has 1 N–H and O–H groups in total. The van der Waals surface area contributed by atoms with Crippen LogP contribution in [-0.2, 0) is 4.79 Å². The Bertz CT molecular complexity index is 449. The Morgan fingerprint density at radius 3 is 2.57 bits per heavy atom. The molecule has 2 atom stereocenters. The van der Waals surface area contributed by atoms with Crippen LogP contribution >= 0.6 is 11.6 Å². The second-order valence-corrected chi connectivity index (χ2v) is 6.73. The van der Waals surface area contributed by atoms with Crippen LogP contribution in [0.15, 0.2) is 34.9 Å². The molecular formula is C20H31ClO2. The monoisotopic (exact) mass is 338 g/mol. The molecule has 1 rings (SSSR count). The first-order valence-corrected chi connectivity index (χ1v) is 9.46. The van der Waals surface area contributed by atoms with Crippen LogP contribution in [0.5, 0.6) is 0 Å². The van der Waals surface area contributed by atoms with E-state index in [4.69, 9.17) is 11.6 Å². The van der Waals surface area contributed by atoms with E-state index in [1.165, 1.54) is 19.3 Å². The molecule has 0 amide bonds. The summed E-state index contributed by atoms with van der Waals surface area (Å²) in [5.74, 6) is -0.140. The van der Waals surface area contributed by atoms with E-state index in [-0.39, 0.29) is 11.7 Å². The Kier molecular flexibility index (Phi) is 10.2. The molecule has 0 spiro atoms. The van der Waals surface area contributed by atoms with Gasteiger partial charge < -0.3 is 5.11 Å². The molecule has 0 radical (unpaired) electrons. The van der Waals surface area contributed by atoms with Gasteiger partial charge in [0.25, 0.3) is 0 Å². The van der Waals surface area contributed by atoms with E-state index >= 15 is 0 Å². The molecule has 3 heteroatoms. The number of ketones is 1. The Hall–Kier alpha value is -0.860. The lowest BCUT2D eigenvalue weighted by Gasteiger charge is -2.08. The number of hydrogen-bond donors (Lipinski definition) is 1. The summed E-state index contributed by atoms with van der Waals surface area (Å²) in [6, 6.07) is 0. The lowest BCUT2D eigenvalue weighted by atomic mass is 9.98. The topological polar surface area (TPSA) is 37.3 Å². The molecular weight excluding hydrogens is 308 g/mol. The number of halogens is 1. The minimum absolute atomic E-state index is 0.0581. The number of allylic oxidation sites excluding steroid dienone is 5. The number of aliphatic hydroxyl groups is 1. The maximum atomic E-state index is 12.1. The minimum Gasteiger partial charge on any atom is -0.389 e. The molecule has 0 fully saturated rings. The van der Waals surface area contributed by atoms with Crippen molar-refractivity contribution < 1.29 is 9.90 Å². The molecule has 0 aliphatic heterocycles. The molecule has 2 unspecified atom stereocenters. The van der Waals surface area contributed by atoms with Crippen LogP contribution in [0.1, 0.15) is 71.6 Å². The number of rotatable bonds is 11. The number of unbranched alkanes of at least 4 members (excludes halogenated alkanes) is 6. The van der Waals surface area contributed by atoms with Crippen LogP contribution in [-0.4, -0.2) is 17.0 Å². The standard InChI is InChI=1S/C20H31ClO2/c1-3-5-7-8-10-12-18-16(15-19(21)20(18)23)13-14-17(22)11-9-6-4-2/h12-17,22H,3-11H2,1-2H3/b14-13+,18-12-. The zero-order chi connectivity index (χ0) is 17.1. The highest BCUT2D eigenvalue weighted by Crippen LogP contribution is 2.31. The summed E-state index contributed by atoms with van der Waals surface area (Å²) in [6.07, 6.45) is 16.9. The molecule has 1 aliphatic carbocycles. The average molecular weight is 339 g/mol. The summed E-state index contributed by atoms with van der Waals surface area (Å²) >= 11 is 6.01. The van der Waals surface area contributed by atoms with Crippen LogP contribution in [0.2, 0.25) is 0 Å². The van der Waals surface area contributed by atoms with Crippen molar-refractivity contribution in [3.05, 3.63) is 34.9 Å². The SMILES string of the molecule is CCCCCC/C=C1\C(=O)C(Cl)=CC1/C=C/C(O)CCCCC. The highest BCUT2D eigenvalue weighted by atomic mass is 35.5. The lowest BCUT2D eigenvalue weighted by molar-refractivity contribution is -0.111. The van der Waals surface area contributed by atoms with Gasteiger partial charge in [-0.25, -0.2) is 0 Å². The van der Waals surface area contributed by atoms with E-state index in [1.807, 2.05) is 18.2 Å². The second kappa shape index (κ2) is 11.6. The van der Waals surface area contributed by atoms with Gasteiger partial charge in [-0.2, -0.15) is 0 Å². The Morgan fingerprint density at radius 2 is 1.87 bits per heavy atom. The van der Waals surface area contributed by atoms with E-state index in [0.717, 1.165) is 44.1 Å². The summed E-state index contributed by atoms with van der Waals surface area (Å²) in [4.78, 5) is 12.1. The number of Topliss-reactive ketones (excluding diaryl/α,β-unsaturated/α-hetero) is 1. The fourth-order valence-electron chi connectivity index (χ4n) is 2.78. The number of hydrogen-bond acceptors (Lipinski definition) is 2. The Labute approximate surface area is 146 Å². The maximum Gasteiger partial charge on any atom is 0.200 e. The van der Waals surface area contributed by atoms with Gasteiger partial charge in [-0.05, 0) is 19.3 Å². The third-order valence-electron chi connectivity index (χ3n) is 4.23. The van der Waals surface area contributed by atoms with Gasteiger partial charge in [0.1, 0.15) is 0 Å². The molecule has 0 aromatic rings. The first-order valence-electron chi connectivity index (χ1n) is 9.08. The molecule has 0 aromatic carbocycles. The number of carbonyl (C=O) groups is 1. The summed E-state index contributed by atoms with van der Waals surface area (Å²) in [6.45, 7) is 4.34. The Balaban J connectivity index is 2.55. The molecule has 0 saturated heterocycles. The predicted octanol–water partition coefficient (Wildman–Crippen LogP) is 5.70. The first-order chi connectivity index (χ1) is 11.1. The van der Waals surface area contributed by atoms with Crippen molar-refractivity contribution in [2.24, 2.45) is 5.92 Å². The van der Waals surface area contributed by atoms with Crippen molar-refractivity contribution in [2.45, 2.75) is 77.7 Å². The highest BCUT2D eigenvalue weighted by Gasteiger charge is 2.26. The minimum atomic E-state index is -0.435. The fraction of sp³-hybridized carbons (Fsp3) is 0.650. The molecule has 23 heavy (non-hydrogen) atoms. The van der Waals surface area contributed by atoms with Crippen LogP contribution in [0.3, 0.4) is 0 Å².